The number of hydrogen-bond acceptors (Lipinski definition) is 13. The normalized spacial score (nSPS) is 25.6. The van der Waals surface area contributed by atoms with Gasteiger partial charge in [0, 0.05) is 60.9 Å². The SMILES string of the molecule is CC1(C)CC(CCCCNc2nc(NCCCCC3CC(C)(C)N(OC4CCCCC4)C(C)(C)C3)nc(N(CCO)C3CCN(OC4CCCCC4)CC3)n2)CC(C)(C)N1OC1CCCCC1. The highest BCUT2D eigenvalue weighted by atomic mass is 16.7. The minimum Gasteiger partial charge on any atom is -0.395 e. The quantitative estimate of drug-likeness (QED) is 0.0957. The van der Waals surface area contributed by atoms with Crippen LogP contribution in [0.5, 0.6) is 0 Å². The van der Waals surface area contributed by atoms with Crippen LogP contribution in [0, 0.1) is 11.8 Å². The third-order valence-corrected chi connectivity index (χ3v) is 16.5. The molecule has 67 heavy (non-hydrogen) atoms. The van der Waals surface area contributed by atoms with Crippen molar-refractivity contribution in [2.24, 2.45) is 11.8 Å². The van der Waals surface area contributed by atoms with E-state index in [0.29, 0.717) is 54.5 Å². The average molecular weight is 938 g/mol. The van der Waals surface area contributed by atoms with Crippen LogP contribution in [0.1, 0.15) is 229 Å². The molecule has 4 heterocycles. The Balaban J connectivity index is 0.930. The molecule has 3 aliphatic carbocycles. The minimum absolute atomic E-state index is 0.0150. The van der Waals surface area contributed by atoms with E-state index in [9.17, 15) is 5.11 Å². The van der Waals surface area contributed by atoms with Gasteiger partial charge in [0.2, 0.25) is 17.8 Å². The summed E-state index contributed by atoms with van der Waals surface area (Å²) in [6.07, 6.45) is 33.4. The molecule has 3 saturated heterocycles. The highest BCUT2D eigenvalue weighted by molar-refractivity contribution is 5.44. The van der Waals surface area contributed by atoms with Crippen molar-refractivity contribution in [1.29, 1.82) is 0 Å². The molecule has 6 aliphatic rings. The van der Waals surface area contributed by atoms with Crippen LogP contribution in [-0.4, -0.2) is 121 Å². The first-order valence-corrected chi connectivity index (χ1v) is 28.1. The molecule has 0 bridgehead atoms. The van der Waals surface area contributed by atoms with Crippen LogP contribution < -0.4 is 15.5 Å². The van der Waals surface area contributed by atoms with Crippen molar-refractivity contribution in [3.05, 3.63) is 0 Å². The van der Waals surface area contributed by atoms with E-state index in [4.69, 9.17) is 29.5 Å². The third-order valence-electron chi connectivity index (χ3n) is 16.5. The van der Waals surface area contributed by atoms with E-state index >= 15 is 0 Å². The molecule has 0 radical (unpaired) electrons. The fourth-order valence-corrected chi connectivity index (χ4v) is 13.9. The molecule has 0 spiro atoms. The molecule has 3 N–H and O–H groups in total. The standard InChI is InChI=1S/C54H99N9O4/c1-51(2)38-42(39-52(3,4)62(51)66-46-26-14-10-15-27-46)22-18-20-32-55-48-57-49(59-50(58-48)61(36-37-64)44-30-34-60(35-31-44)65-45-24-12-9-13-25-45)56-33-21-19-23-43-40-53(5,6)63(54(7,8)41-43)67-47-28-16-11-17-29-47/h42-47,64H,9-41H2,1-8H3,(H2,55,56,57,58,59). The lowest BCUT2D eigenvalue weighted by atomic mass is 9.73. The van der Waals surface area contributed by atoms with Crippen molar-refractivity contribution < 1.29 is 19.6 Å². The molecule has 1 aromatic heterocycles. The summed E-state index contributed by atoms with van der Waals surface area (Å²) in [4.78, 5) is 37.4. The molecular weight excluding hydrogens is 839 g/mol. The summed E-state index contributed by atoms with van der Waals surface area (Å²) in [5.41, 5.74) is 0.0602. The van der Waals surface area contributed by atoms with Crippen molar-refractivity contribution in [2.45, 2.75) is 275 Å². The number of aromatic nitrogens is 3. The maximum absolute atomic E-state index is 10.4. The van der Waals surface area contributed by atoms with E-state index in [1.165, 1.54) is 135 Å². The first-order valence-electron chi connectivity index (χ1n) is 28.1. The van der Waals surface area contributed by atoms with Gasteiger partial charge in [-0.2, -0.15) is 30.1 Å². The van der Waals surface area contributed by atoms with Crippen LogP contribution in [0.15, 0.2) is 0 Å². The molecule has 0 amide bonds. The smallest absolute Gasteiger partial charge is 0.232 e. The molecule has 3 saturated carbocycles. The monoisotopic (exact) mass is 938 g/mol. The zero-order valence-electron chi connectivity index (χ0n) is 44.1. The summed E-state index contributed by atoms with van der Waals surface area (Å²) in [5, 5.41) is 24.6. The van der Waals surface area contributed by atoms with Gasteiger partial charge in [0.15, 0.2) is 0 Å². The molecule has 1 aromatic rings. The topological polar surface area (TPSA) is 124 Å². The van der Waals surface area contributed by atoms with Crippen molar-refractivity contribution in [2.75, 3.05) is 54.9 Å². The third kappa shape index (κ3) is 15.3. The zero-order valence-corrected chi connectivity index (χ0v) is 44.1. The summed E-state index contributed by atoms with van der Waals surface area (Å²) in [5.74, 6) is 3.24. The Kier molecular flexibility index (Phi) is 19.4. The lowest BCUT2D eigenvalue weighted by Gasteiger charge is -2.55. The zero-order chi connectivity index (χ0) is 47.5. The van der Waals surface area contributed by atoms with Gasteiger partial charge in [-0.05, 0) is 157 Å². The maximum Gasteiger partial charge on any atom is 0.232 e. The van der Waals surface area contributed by atoms with Crippen molar-refractivity contribution in [3.8, 4) is 0 Å². The van der Waals surface area contributed by atoms with Gasteiger partial charge in [0.05, 0.1) is 24.9 Å². The van der Waals surface area contributed by atoms with E-state index in [1.54, 1.807) is 0 Å². The van der Waals surface area contributed by atoms with Crippen molar-refractivity contribution in [1.82, 2.24) is 30.1 Å². The van der Waals surface area contributed by atoms with Gasteiger partial charge in [-0.25, -0.2) is 0 Å². The molecule has 0 aromatic carbocycles. The number of nitrogens with one attached hydrogen (secondary N) is 2. The number of aliphatic hydroxyl groups is 1. The van der Waals surface area contributed by atoms with Crippen LogP contribution >= 0.6 is 0 Å². The number of nitrogens with zero attached hydrogens (tertiary/aromatic N) is 7. The van der Waals surface area contributed by atoms with Crippen LogP contribution in [0.25, 0.3) is 0 Å². The van der Waals surface area contributed by atoms with E-state index < -0.39 is 0 Å². The Morgan fingerprint density at radius 3 is 1.30 bits per heavy atom. The van der Waals surface area contributed by atoms with E-state index in [-0.39, 0.29) is 34.8 Å². The Labute approximate surface area is 408 Å². The summed E-state index contributed by atoms with van der Waals surface area (Å²) in [7, 11) is 0. The number of anilines is 3. The fourth-order valence-electron chi connectivity index (χ4n) is 13.9. The van der Waals surface area contributed by atoms with Crippen LogP contribution in [0.4, 0.5) is 17.8 Å². The highest BCUT2D eigenvalue weighted by Crippen LogP contribution is 2.46. The Bertz CT molecular complexity index is 1480. The summed E-state index contributed by atoms with van der Waals surface area (Å²) in [6.45, 7) is 23.1. The Morgan fingerprint density at radius 1 is 0.522 bits per heavy atom. The first-order chi connectivity index (χ1) is 32.1. The summed E-state index contributed by atoms with van der Waals surface area (Å²) < 4.78 is 0. The van der Waals surface area contributed by atoms with Gasteiger partial charge in [0.1, 0.15) is 0 Å². The number of hydroxylamine groups is 6. The predicted molar refractivity (Wildman–Crippen MR) is 273 cm³/mol. The van der Waals surface area contributed by atoms with E-state index in [2.05, 4.69) is 86.1 Å². The van der Waals surface area contributed by atoms with Gasteiger partial charge < -0.3 is 20.6 Å². The largest absolute Gasteiger partial charge is 0.395 e. The van der Waals surface area contributed by atoms with Crippen LogP contribution in [0.2, 0.25) is 0 Å². The average Bonchev–Trinajstić information content (AvgIpc) is 3.29. The summed E-state index contributed by atoms with van der Waals surface area (Å²) in [6, 6.07) is 0.224. The Morgan fingerprint density at radius 2 is 0.910 bits per heavy atom. The molecular formula is C54H99N9O4. The fraction of sp³-hybridized carbons (Fsp3) is 0.944. The molecule has 13 nitrogen and oxygen atoms in total. The molecule has 3 aliphatic heterocycles. The second-order valence-corrected chi connectivity index (χ2v) is 24.7. The lowest BCUT2D eigenvalue weighted by Crippen LogP contribution is -2.61. The summed E-state index contributed by atoms with van der Waals surface area (Å²) >= 11 is 0. The number of aliphatic hydroxyl groups excluding tert-OH is 1. The maximum atomic E-state index is 10.4. The van der Waals surface area contributed by atoms with E-state index in [0.717, 1.165) is 64.7 Å². The van der Waals surface area contributed by atoms with Crippen LogP contribution in [-0.2, 0) is 14.5 Å². The molecule has 6 fully saturated rings. The van der Waals surface area contributed by atoms with Crippen LogP contribution in [0.3, 0.4) is 0 Å². The molecule has 13 heteroatoms. The van der Waals surface area contributed by atoms with Gasteiger partial charge in [0.25, 0.3) is 0 Å². The number of hydrogen-bond donors (Lipinski definition) is 3. The van der Waals surface area contributed by atoms with Gasteiger partial charge in [-0.1, -0.05) is 83.5 Å². The minimum atomic E-state index is 0.0150. The molecule has 0 unspecified atom stereocenters. The highest BCUT2D eigenvalue weighted by Gasteiger charge is 2.48. The number of unbranched alkanes of at least 4 members (excludes halogenated alkanes) is 2. The number of rotatable bonds is 22. The molecule has 384 valence electrons. The molecule has 0 atom stereocenters. The van der Waals surface area contributed by atoms with Gasteiger partial charge in [-0.3, -0.25) is 14.5 Å². The predicted octanol–water partition coefficient (Wildman–Crippen LogP) is 11.6. The van der Waals surface area contributed by atoms with Crippen molar-refractivity contribution in [3.63, 3.8) is 0 Å². The second-order valence-electron chi connectivity index (χ2n) is 24.7. The first kappa shape index (κ1) is 52.9. The van der Waals surface area contributed by atoms with Crippen molar-refractivity contribution >= 4 is 17.8 Å². The number of piperidine rings is 3. The molecule has 7 rings (SSSR count). The van der Waals surface area contributed by atoms with E-state index in [1.807, 2.05) is 0 Å². The second kappa shape index (κ2) is 24.5. The lowest BCUT2D eigenvalue weighted by molar-refractivity contribution is -0.314. The van der Waals surface area contributed by atoms with Gasteiger partial charge >= 0.3 is 0 Å². The van der Waals surface area contributed by atoms with Gasteiger partial charge in [-0.15, -0.1) is 0 Å². The Hall–Kier alpha value is -1.87.